The van der Waals surface area contributed by atoms with Gasteiger partial charge in [-0.2, -0.15) is 11.3 Å². The van der Waals surface area contributed by atoms with Crippen LogP contribution in [-0.4, -0.2) is 82.4 Å². The highest BCUT2D eigenvalue weighted by molar-refractivity contribution is 7.91. The van der Waals surface area contributed by atoms with Gasteiger partial charge in [0.25, 0.3) is 5.91 Å². The fraction of sp³-hybridized carbons (Fsp3) is 0.436. The largest absolute Gasteiger partial charge is 0.471 e. The minimum Gasteiger partial charge on any atom is -0.471 e. The molecule has 4 amide bonds. The summed E-state index contributed by atoms with van der Waals surface area (Å²) in [5.74, 6) is -2.26. The molecular formula is C39H42N6O7S3. The van der Waals surface area contributed by atoms with Crippen molar-refractivity contribution in [3.05, 3.63) is 76.3 Å². The molecule has 55 heavy (non-hydrogen) atoms. The Balaban J connectivity index is 1.11. The molecule has 4 aliphatic rings. The summed E-state index contributed by atoms with van der Waals surface area (Å²) in [7, 11) is -3.89. The molecule has 4 aromatic rings. The molecule has 5 heterocycles. The van der Waals surface area contributed by atoms with Crippen molar-refractivity contribution in [3.8, 4) is 16.5 Å². The molecule has 3 N–H and O–H groups in total. The van der Waals surface area contributed by atoms with Gasteiger partial charge in [-0.25, -0.2) is 18.4 Å². The first-order valence-electron chi connectivity index (χ1n) is 18.7. The lowest BCUT2D eigenvalue weighted by atomic mass is 10.0. The van der Waals surface area contributed by atoms with Crippen LogP contribution in [0.5, 0.6) is 5.88 Å². The average Bonchev–Trinajstić information content (AvgIpc) is 3.90. The Bertz CT molecular complexity index is 2220. The van der Waals surface area contributed by atoms with E-state index in [1.807, 2.05) is 70.8 Å². The number of amides is 4. The molecule has 16 heteroatoms. The van der Waals surface area contributed by atoms with E-state index in [1.165, 1.54) is 27.6 Å². The summed E-state index contributed by atoms with van der Waals surface area (Å²) in [5.41, 5.74) is 1.19. The van der Waals surface area contributed by atoms with E-state index in [1.54, 1.807) is 0 Å². The van der Waals surface area contributed by atoms with Gasteiger partial charge in [0.15, 0.2) is 0 Å². The van der Waals surface area contributed by atoms with Crippen LogP contribution in [-0.2, 0) is 35.6 Å². The number of aromatic nitrogens is 2. The number of benzene rings is 1. The van der Waals surface area contributed by atoms with E-state index in [-0.39, 0.29) is 37.6 Å². The van der Waals surface area contributed by atoms with Crippen LogP contribution in [0.3, 0.4) is 0 Å². The van der Waals surface area contributed by atoms with Crippen molar-refractivity contribution in [2.45, 2.75) is 93.2 Å². The Hall–Kier alpha value is -4.67. The van der Waals surface area contributed by atoms with E-state index in [0.29, 0.717) is 48.8 Å². The summed E-state index contributed by atoms with van der Waals surface area (Å²) < 4.78 is 34.6. The summed E-state index contributed by atoms with van der Waals surface area (Å²) in [5, 5.41) is 11.0. The van der Waals surface area contributed by atoms with Crippen molar-refractivity contribution in [2.75, 3.05) is 6.54 Å². The molecule has 0 radical (unpaired) electrons. The van der Waals surface area contributed by atoms with Crippen LogP contribution in [0.25, 0.3) is 21.6 Å². The molecular weight excluding hydrogens is 761 g/mol. The van der Waals surface area contributed by atoms with Crippen molar-refractivity contribution < 1.29 is 32.3 Å². The van der Waals surface area contributed by atoms with Crippen LogP contribution in [0.2, 0.25) is 0 Å². The highest BCUT2D eigenvalue weighted by Crippen LogP contribution is 2.46. The number of sulfonamides is 1. The van der Waals surface area contributed by atoms with Crippen LogP contribution >= 0.6 is 22.7 Å². The fourth-order valence-corrected chi connectivity index (χ4v) is 10.2. The Morgan fingerprint density at radius 3 is 2.56 bits per heavy atom. The van der Waals surface area contributed by atoms with Crippen molar-refractivity contribution in [1.82, 2.24) is 30.2 Å². The first kappa shape index (κ1) is 37.3. The first-order chi connectivity index (χ1) is 26.6. The van der Waals surface area contributed by atoms with Gasteiger partial charge in [0.2, 0.25) is 33.6 Å². The molecule has 3 fully saturated rings. The van der Waals surface area contributed by atoms with Crippen LogP contribution < -0.4 is 20.1 Å². The first-order valence-corrected chi connectivity index (χ1v) is 22.1. The topological polar surface area (TPSA) is 177 Å². The molecule has 5 atom stereocenters. The number of thiophene rings is 2. The fourth-order valence-electron chi connectivity index (χ4n) is 7.47. The summed E-state index contributed by atoms with van der Waals surface area (Å²) in [4.78, 5) is 68.1. The second-order valence-corrected chi connectivity index (χ2v) is 18.5. The zero-order valence-electron chi connectivity index (χ0n) is 30.0. The SMILES string of the molecule is O=C(Cc1ccsc1)N[C@H]1CCCCC/C=C\[C@@H]2C[C@@]2(C(=O)NS(=O)(=O)C2CC2)NC(=O)[C@@H]2C[C@@H](Oc3nc4ccccc4nc3-c3cccs3)CN2C1=O. The van der Waals surface area contributed by atoms with Gasteiger partial charge >= 0.3 is 0 Å². The van der Waals surface area contributed by atoms with Crippen LogP contribution in [0.1, 0.15) is 63.4 Å². The number of carbonyl (C=O) groups excluding carboxylic acids is 4. The third-order valence-electron chi connectivity index (χ3n) is 10.7. The smallest absolute Gasteiger partial charge is 0.259 e. The second kappa shape index (κ2) is 15.5. The Morgan fingerprint density at radius 2 is 1.82 bits per heavy atom. The lowest BCUT2D eigenvalue weighted by molar-refractivity contribution is -0.142. The predicted molar refractivity (Wildman–Crippen MR) is 209 cm³/mol. The maximum Gasteiger partial charge on any atom is 0.259 e. The zero-order valence-corrected chi connectivity index (χ0v) is 32.5. The van der Waals surface area contributed by atoms with Gasteiger partial charge in [0.1, 0.15) is 29.4 Å². The number of rotatable bonds is 9. The number of carbonyl (C=O) groups is 4. The molecule has 0 spiro atoms. The maximum absolute atomic E-state index is 14.6. The van der Waals surface area contributed by atoms with Gasteiger partial charge in [-0.05, 0) is 84.5 Å². The predicted octanol–water partition coefficient (Wildman–Crippen LogP) is 4.50. The number of nitrogens with one attached hydrogen (secondary N) is 3. The maximum atomic E-state index is 14.6. The summed E-state index contributed by atoms with van der Waals surface area (Å²) >= 11 is 2.97. The number of nitrogens with zero attached hydrogens (tertiary/aromatic N) is 3. The molecule has 0 bridgehead atoms. The normalized spacial score (nSPS) is 26.5. The number of hydrogen-bond acceptors (Lipinski definition) is 11. The average molecular weight is 803 g/mol. The quantitative estimate of drug-likeness (QED) is 0.206. The van der Waals surface area contributed by atoms with Gasteiger partial charge in [0.05, 0.1) is 34.1 Å². The molecule has 1 aromatic carbocycles. The number of hydrogen-bond donors (Lipinski definition) is 3. The summed E-state index contributed by atoms with van der Waals surface area (Å²) in [6, 6.07) is 11.1. The van der Waals surface area contributed by atoms with Crippen molar-refractivity contribution in [1.29, 1.82) is 0 Å². The third kappa shape index (κ3) is 8.17. The van der Waals surface area contributed by atoms with Crippen LogP contribution in [0.15, 0.2) is 70.8 Å². The Labute approximate surface area is 327 Å². The highest BCUT2D eigenvalue weighted by atomic mass is 32.2. The lowest BCUT2D eigenvalue weighted by Crippen LogP contribution is -2.58. The molecule has 1 saturated heterocycles. The number of ether oxygens (including phenoxy) is 1. The van der Waals surface area contributed by atoms with Gasteiger partial charge in [-0.15, -0.1) is 11.3 Å². The molecule has 0 unspecified atom stereocenters. The minimum absolute atomic E-state index is 0.00476. The summed E-state index contributed by atoms with van der Waals surface area (Å²) in [6.07, 6.45) is 7.86. The van der Waals surface area contributed by atoms with E-state index in [0.717, 1.165) is 23.3 Å². The van der Waals surface area contributed by atoms with E-state index in [2.05, 4.69) is 15.4 Å². The number of para-hydroxylation sites is 2. The van der Waals surface area contributed by atoms with Crippen LogP contribution in [0.4, 0.5) is 0 Å². The van der Waals surface area contributed by atoms with E-state index in [4.69, 9.17) is 14.7 Å². The van der Waals surface area contributed by atoms with Gasteiger partial charge in [-0.3, -0.25) is 23.9 Å². The second-order valence-electron chi connectivity index (χ2n) is 14.8. The Kier molecular flexibility index (Phi) is 10.5. The van der Waals surface area contributed by atoms with Crippen LogP contribution in [0, 0.1) is 5.92 Å². The van der Waals surface area contributed by atoms with Gasteiger partial charge in [-0.1, -0.05) is 43.2 Å². The van der Waals surface area contributed by atoms with Crippen molar-refractivity contribution in [2.24, 2.45) is 5.92 Å². The molecule has 288 valence electrons. The van der Waals surface area contributed by atoms with Gasteiger partial charge in [0, 0.05) is 12.3 Å². The monoisotopic (exact) mass is 802 g/mol. The van der Waals surface area contributed by atoms with Gasteiger partial charge < -0.3 is 20.3 Å². The standard InChI is InChI=1S/C39H42N6O7S3/c46-33(19-24-16-18-53-23-24)40-30-12-5-3-1-2-4-9-25-21-39(25,38(49)44-55(50,51)27-14-15-27)43-35(47)31-20-26(22-45(31)37(30)48)52-36-34(32-13-8-17-54-32)41-28-10-6-7-11-29(28)42-36/h4,6-11,13,16-18,23,25-27,30-31H,1-3,5,12,14-15,19-22H2,(H,40,46)(H,43,47)(H,44,49)/b9-4-/t25-,26-,30+,31+,39-/m1/s1. The zero-order chi connectivity index (χ0) is 38.2. The molecule has 2 aliphatic heterocycles. The van der Waals surface area contributed by atoms with Crippen molar-refractivity contribution in [3.63, 3.8) is 0 Å². The molecule has 2 saturated carbocycles. The minimum atomic E-state index is -3.89. The summed E-state index contributed by atoms with van der Waals surface area (Å²) in [6.45, 7) is 0.00476. The molecule has 13 nitrogen and oxygen atoms in total. The van der Waals surface area contributed by atoms with E-state index >= 15 is 0 Å². The number of allylic oxidation sites excluding steroid dienone is 1. The Morgan fingerprint density at radius 1 is 1.00 bits per heavy atom. The highest BCUT2D eigenvalue weighted by Gasteiger charge is 2.62. The van der Waals surface area contributed by atoms with E-state index < -0.39 is 62.6 Å². The molecule has 8 rings (SSSR count). The van der Waals surface area contributed by atoms with E-state index in [9.17, 15) is 27.6 Å². The lowest BCUT2D eigenvalue weighted by Gasteiger charge is -2.30. The number of fused-ring (bicyclic) bond motifs is 3. The third-order valence-corrected chi connectivity index (χ3v) is 14.1. The molecule has 3 aromatic heterocycles. The van der Waals surface area contributed by atoms with Crippen molar-refractivity contribution >= 4 is 67.4 Å². The molecule has 2 aliphatic carbocycles.